The molecular weight excluding hydrogens is 455 g/mol. The molecule has 0 unspecified atom stereocenters. The number of aromatic nitrogens is 2. The molecule has 2 atom stereocenters. The van der Waals surface area contributed by atoms with E-state index in [0.29, 0.717) is 18.5 Å². The van der Waals surface area contributed by atoms with Crippen molar-refractivity contribution in [1.29, 1.82) is 0 Å². The van der Waals surface area contributed by atoms with Crippen molar-refractivity contribution in [3.8, 4) is 5.88 Å². The normalized spacial score (nSPS) is 19.6. The van der Waals surface area contributed by atoms with E-state index in [1.807, 2.05) is 0 Å². The molecule has 0 spiro atoms. The van der Waals surface area contributed by atoms with Gasteiger partial charge in [0.25, 0.3) is 5.91 Å². The van der Waals surface area contributed by atoms with E-state index >= 15 is 0 Å². The van der Waals surface area contributed by atoms with Crippen LogP contribution in [0.25, 0.3) is 0 Å². The molecule has 0 aromatic carbocycles. The average molecular weight is 474 g/mol. The van der Waals surface area contributed by atoms with E-state index in [0.717, 1.165) is 18.9 Å². The number of nitrogens with one attached hydrogen (secondary N) is 1. The van der Waals surface area contributed by atoms with E-state index < -0.39 is 35.5 Å². The summed E-state index contributed by atoms with van der Waals surface area (Å²) in [4.78, 5) is 20.1. The van der Waals surface area contributed by atoms with E-state index in [2.05, 4.69) is 31.2 Å². The van der Waals surface area contributed by atoms with Gasteiger partial charge in [-0.05, 0) is 47.0 Å². The zero-order chi connectivity index (χ0) is 21.0. The monoisotopic (exact) mass is 473 g/mol. The number of aliphatic hydroxyl groups is 1. The van der Waals surface area contributed by atoms with Gasteiger partial charge in [0, 0.05) is 6.20 Å². The number of alkyl halides is 3. The Hall–Kier alpha value is -2.20. The summed E-state index contributed by atoms with van der Waals surface area (Å²) in [7, 11) is 0. The summed E-state index contributed by atoms with van der Waals surface area (Å²) in [6, 6.07) is 5.54. The summed E-state index contributed by atoms with van der Waals surface area (Å²) in [5.74, 6) is -1.23. The molecule has 1 aliphatic rings. The maximum Gasteiger partial charge on any atom is 0.434 e. The number of ether oxygens (including phenoxy) is 1. The van der Waals surface area contributed by atoms with Crippen LogP contribution in [0.4, 0.5) is 13.2 Å². The lowest BCUT2D eigenvalue weighted by Gasteiger charge is -2.28. The van der Waals surface area contributed by atoms with Gasteiger partial charge in [-0.15, -0.1) is 0 Å². The first-order valence-corrected chi connectivity index (χ1v) is 9.84. The molecule has 2 heterocycles. The van der Waals surface area contributed by atoms with Gasteiger partial charge in [-0.3, -0.25) is 9.78 Å². The molecule has 0 radical (unpaired) electrons. The highest BCUT2D eigenvalue weighted by Crippen LogP contribution is 2.35. The molecule has 0 bridgehead atoms. The van der Waals surface area contributed by atoms with E-state index in [9.17, 15) is 23.1 Å². The van der Waals surface area contributed by atoms with Gasteiger partial charge in [0.2, 0.25) is 5.88 Å². The number of amides is 1. The van der Waals surface area contributed by atoms with E-state index in [4.69, 9.17) is 4.74 Å². The number of pyridine rings is 2. The molecule has 2 N–H and O–H groups in total. The minimum atomic E-state index is -4.86. The average Bonchev–Trinajstić information content (AvgIpc) is 2.68. The third kappa shape index (κ3) is 5.45. The number of hydrogen-bond acceptors (Lipinski definition) is 5. The second-order valence-electron chi connectivity index (χ2n) is 6.71. The van der Waals surface area contributed by atoms with Gasteiger partial charge in [-0.2, -0.15) is 13.2 Å². The van der Waals surface area contributed by atoms with Crippen molar-refractivity contribution in [1.82, 2.24) is 15.3 Å². The third-order valence-electron chi connectivity index (χ3n) is 4.59. The molecule has 1 saturated carbocycles. The number of carbonyl (C=O) groups is 1. The van der Waals surface area contributed by atoms with Crippen molar-refractivity contribution in [2.75, 3.05) is 0 Å². The fourth-order valence-corrected chi connectivity index (χ4v) is 3.55. The SMILES string of the molecule is O=C(N[C@@H]1CCCC[C@H]1O)c1cc(Br)c(OCc2ccccn2)nc1C(F)(F)F. The second-order valence-corrected chi connectivity index (χ2v) is 7.57. The number of rotatable bonds is 5. The molecule has 29 heavy (non-hydrogen) atoms. The fourth-order valence-electron chi connectivity index (χ4n) is 3.11. The fraction of sp³-hybridized carbons (Fsp3) is 0.421. The summed E-state index contributed by atoms with van der Waals surface area (Å²) < 4.78 is 46.2. The topological polar surface area (TPSA) is 84.3 Å². The summed E-state index contributed by atoms with van der Waals surface area (Å²) in [5.41, 5.74) is -1.46. The van der Waals surface area contributed by atoms with Crippen LogP contribution in [0.5, 0.6) is 5.88 Å². The van der Waals surface area contributed by atoms with Crippen molar-refractivity contribution in [2.45, 2.75) is 50.6 Å². The Morgan fingerprint density at radius 3 is 2.72 bits per heavy atom. The Morgan fingerprint density at radius 2 is 2.07 bits per heavy atom. The third-order valence-corrected chi connectivity index (χ3v) is 5.15. The van der Waals surface area contributed by atoms with Crippen molar-refractivity contribution >= 4 is 21.8 Å². The second kappa shape index (κ2) is 9.08. The van der Waals surface area contributed by atoms with E-state index in [1.165, 1.54) is 6.20 Å². The van der Waals surface area contributed by atoms with E-state index in [1.54, 1.807) is 18.2 Å². The Morgan fingerprint density at radius 1 is 1.31 bits per heavy atom. The molecule has 0 aliphatic heterocycles. The molecule has 6 nitrogen and oxygen atoms in total. The highest BCUT2D eigenvalue weighted by atomic mass is 79.9. The first-order valence-electron chi connectivity index (χ1n) is 9.05. The van der Waals surface area contributed by atoms with Gasteiger partial charge in [0.05, 0.1) is 27.9 Å². The van der Waals surface area contributed by atoms with Crippen LogP contribution in [0.2, 0.25) is 0 Å². The summed E-state index contributed by atoms with van der Waals surface area (Å²) in [6.07, 6.45) is -1.49. The Balaban J connectivity index is 1.84. The van der Waals surface area contributed by atoms with Crippen LogP contribution in [0.3, 0.4) is 0 Å². The van der Waals surface area contributed by atoms with Gasteiger partial charge >= 0.3 is 6.18 Å². The van der Waals surface area contributed by atoms with Crippen molar-refractivity contribution in [2.24, 2.45) is 0 Å². The first kappa shape index (κ1) is 21.5. The molecule has 1 fully saturated rings. The smallest absolute Gasteiger partial charge is 0.434 e. The number of hydrogen-bond donors (Lipinski definition) is 2. The number of nitrogens with zero attached hydrogens (tertiary/aromatic N) is 2. The highest BCUT2D eigenvalue weighted by Gasteiger charge is 2.39. The minimum absolute atomic E-state index is 0.0798. The van der Waals surface area contributed by atoms with E-state index in [-0.39, 0.29) is 17.0 Å². The van der Waals surface area contributed by atoms with Gasteiger partial charge in [0.15, 0.2) is 5.69 Å². The zero-order valence-electron chi connectivity index (χ0n) is 15.2. The minimum Gasteiger partial charge on any atom is -0.470 e. The van der Waals surface area contributed by atoms with Crippen LogP contribution >= 0.6 is 15.9 Å². The molecule has 3 rings (SSSR count). The molecule has 1 amide bonds. The van der Waals surface area contributed by atoms with Crippen LogP contribution in [0.1, 0.15) is 47.4 Å². The van der Waals surface area contributed by atoms with Crippen molar-refractivity contribution in [3.63, 3.8) is 0 Å². The molecule has 2 aromatic rings. The van der Waals surface area contributed by atoms with Gasteiger partial charge < -0.3 is 15.2 Å². The Kier molecular flexibility index (Phi) is 6.74. The number of aliphatic hydroxyl groups excluding tert-OH is 1. The summed E-state index contributed by atoms with van der Waals surface area (Å²) in [5, 5.41) is 12.5. The summed E-state index contributed by atoms with van der Waals surface area (Å²) in [6.45, 7) is -0.0798. The van der Waals surface area contributed by atoms with Crippen LogP contribution < -0.4 is 10.1 Å². The molecule has 2 aromatic heterocycles. The number of carbonyl (C=O) groups excluding carboxylic acids is 1. The lowest BCUT2D eigenvalue weighted by atomic mass is 9.92. The van der Waals surface area contributed by atoms with Crippen LogP contribution in [0.15, 0.2) is 34.9 Å². The molecular formula is C19H19BrF3N3O3. The van der Waals surface area contributed by atoms with Gasteiger partial charge in [0.1, 0.15) is 6.61 Å². The Labute approximate surface area is 173 Å². The molecule has 1 aliphatic carbocycles. The first-order chi connectivity index (χ1) is 13.8. The largest absolute Gasteiger partial charge is 0.470 e. The maximum atomic E-state index is 13.6. The molecule has 156 valence electrons. The summed E-state index contributed by atoms with van der Waals surface area (Å²) >= 11 is 3.12. The van der Waals surface area contributed by atoms with Crippen LogP contribution in [0, 0.1) is 0 Å². The van der Waals surface area contributed by atoms with Gasteiger partial charge in [-0.25, -0.2) is 4.98 Å². The molecule has 10 heteroatoms. The Bertz CT molecular complexity index is 865. The maximum absolute atomic E-state index is 13.6. The highest BCUT2D eigenvalue weighted by molar-refractivity contribution is 9.10. The lowest BCUT2D eigenvalue weighted by Crippen LogP contribution is -2.45. The number of halogens is 4. The lowest BCUT2D eigenvalue weighted by molar-refractivity contribution is -0.141. The predicted octanol–water partition coefficient (Wildman–Crippen LogP) is 3.87. The van der Waals surface area contributed by atoms with Gasteiger partial charge in [-0.1, -0.05) is 18.9 Å². The van der Waals surface area contributed by atoms with Crippen LogP contribution in [-0.4, -0.2) is 33.1 Å². The van der Waals surface area contributed by atoms with Crippen molar-refractivity contribution in [3.05, 3.63) is 51.9 Å². The zero-order valence-corrected chi connectivity index (χ0v) is 16.8. The quantitative estimate of drug-likeness (QED) is 0.688. The standard InChI is InChI=1S/C19H19BrF3N3O3/c20-13-9-12(17(28)25-14-6-1-2-7-15(14)27)16(19(21,22)23)26-18(13)29-10-11-5-3-4-8-24-11/h3-5,8-9,14-15,27H,1-2,6-7,10H2,(H,25,28)/t14-,15-/m1/s1. The molecule has 0 saturated heterocycles. The predicted molar refractivity (Wildman–Crippen MR) is 101 cm³/mol. The van der Waals surface area contributed by atoms with Crippen molar-refractivity contribution < 1.29 is 27.8 Å². The van der Waals surface area contributed by atoms with Crippen LogP contribution in [-0.2, 0) is 12.8 Å².